The fraction of sp³-hybridized carbons (Fsp3) is 0.500. The number of nitrogens with zero attached hydrogens (tertiary/aromatic N) is 3. The van der Waals surface area contributed by atoms with E-state index >= 15 is 0 Å². The van der Waals surface area contributed by atoms with Crippen LogP contribution in [0.1, 0.15) is 33.8 Å². The Balaban J connectivity index is 2.37. The summed E-state index contributed by atoms with van der Waals surface area (Å²) in [5.74, 6) is 0.914. The van der Waals surface area contributed by atoms with Crippen molar-refractivity contribution in [3.63, 3.8) is 0 Å². The first-order chi connectivity index (χ1) is 9.99. The maximum absolute atomic E-state index is 5.47. The Hall–Kier alpha value is -1.88. The summed E-state index contributed by atoms with van der Waals surface area (Å²) in [6, 6.07) is 0. The molecule has 0 saturated heterocycles. The number of pyridine rings is 1. The van der Waals surface area contributed by atoms with Crippen molar-refractivity contribution in [2.45, 2.75) is 40.8 Å². The highest BCUT2D eigenvalue weighted by atomic mass is 16.5. The molecule has 0 radical (unpaired) electrons. The molecule has 0 aliphatic carbocycles. The van der Waals surface area contributed by atoms with Gasteiger partial charge in [0.2, 0.25) is 0 Å². The van der Waals surface area contributed by atoms with Gasteiger partial charge in [0.25, 0.3) is 0 Å². The fourth-order valence-electron chi connectivity index (χ4n) is 2.69. The summed E-state index contributed by atoms with van der Waals surface area (Å²) in [5, 5.41) is 7.83. The van der Waals surface area contributed by atoms with Gasteiger partial charge in [-0.25, -0.2) is 0 Å². The molecular formula is C16H24N4O. The van der Waals surface area contributed by atoms with Crippen molar-refractivity contribution in [2.24, 2.45) is 0 Å². The SMILES string of the molecule is CNCc1c(C)nn(Cc2ncc(C)c(OC)c2C)c1C. The largest absolute Gasteiger partial charge is 0.496 e. The Labute approximate surface area is 126 Å². The Kier molecular flexibility index (Phi) is 4.63. The minimum absolute atomic E-state index is 0.666. The second kappa shape index (κ2) is 6.26. The van der Waals surface area contributed by atoms with E-state index in [2.05, 4.69) is 22.3 Å². The van der Waals surface area contributed by atoms with Gasteiger partial charge in [0.05, 0.1) is 25.0 Å². The van der Waals surface area contributed by atoms with Crippen LogP contribution in [0.3, 0.4) is 0 Å². The molecule has 2 aromatic rings. The van der Waals surface area contributed by atoms with Crippen molar-refractivity contribution < 1.29 is 4.74 Å². The first-order valence-corrected chi connectivity index (χ1v) is 7.16. The summed E-state index contributed by atoms with van der Waals surface area (Å²) < 4.78 is 7.49. The average Bonchev–Trinajstić information content (AvgIpc) is 2.71. The van der Waals surface area contributed by atoms with Crippen molar-refractivity contribution >= 4 is 0 Å². The van der Waals surface area contributed by atoms with Crippen LogP contribution in [0.25, 0.3) is 0 Å². The molecule has 0 aliphatic heterocycles. The lowest BCUT2D eigenvalue weighted by Crippen LogP contribution is -2.10. The van der Waals surface area contributed by atoms with Crippen molar-refractivity contribution in [2.75, 3.05) is 14.2 Å². The number of aromatic nitrogens is 3. The first-order valence-electron chi connectivity index (χ1n) is 7.16. The molecule has 0 unspecified atom stereocenters. The average molecular weight is 288 g/mol. The zero-order valence-corrected chi connectivity index (χ0v) is 13.7. The van der Waals surface area contributed by atoms with Gasteiger partial charge in [-0.3, -0.25) is 9.67 Å². The molecule has 0 spiro atoms. The predicted octanol–water partition coefficient (Wildman–Crippen LogP) is 2.29. The monoisotopic (exact) mass is 288 g/mol. The Morgan fingerprint density at radius 1 is 1.24 bits per heavy atom. The minimum atomic E-state index is 0.666. The van der Waals surface area contributed by atoms with Crippen LogP contribution in [0.5, 0.6) is 5.75 Å². The lowest BCUT2D eigenvalue weighted by Gasteiger charge is -2.13. The maximum Gasteiger partial charge on any atom is 0.128 e. The summed E-state index contributed by atoms with van der Waals surface area (Å²) >= 11 is 0. The van der Waals surface area contributed by atoms with E-state index in [-0.39, 0.29) is 0 Å². The summed E-state index contributed by atoms with van der Waals surface area (Å²) in [4.78, 5) is 4.55. The zero-order chi connectivity index (χ0) is 15.6. The molecule has 5 nitrogen and oxygen atoms in total. The van der Waals surface area contributed by atoms with E-state index in [1.807, 2.05) is 38.7 Å². The maximum atomic E-state index is 5.47. The molecule has 0 aliphatic rings. The standard InChI is InChI=1S/C16H24N4O/c1-10-7-18-15(11(2)16(10)21-6)9-20-13(4)14(8-17-5)12(3)19-20/h7,17H,8-9H2,1-6H3. The molecule has 2 rings (SSSR count). The highest BCUT2D eigenvalue weighted by Crippen LogP contribution is 2.25. The molecule has 1 N–H and O–H groups in total. The molecule has 2 aromatic heterocycles. The summed E-state index contributed by atoms with van der Waals surface area (Å²) in [5.41, 5.74) is 6.65. The van der Waals surface area contributed by atoms with Gasteiger partial charge >= 0.3 is 0 Å². The molecule has 0 atom stereocenters. The molecule has 21 heavy (non-hydrogen) atoms. The molecule has 0 amide bonds. The van der Waals surface area contributed by atoms with Gasteiger partial charge in [-0.15, -0.1) is 0 Å². The van der Waals surface area contributed by atoms with Crippen molar-refractivity contribution in [1.82, 2.24) is 20.1 Å². The minimum Gasteiger partial charge on any atom is -0.496 e. The van der Waals surface area contributed by atoms with E-state index in [9.17, 15) is 0 Å². The number of rotatable bonds is 5. The molecule has 0 saturated carbocycles. The van der Waals surface area contributed by atoms with Gasteiger partial charge in [0.15, 0.2) is 0 Å². The van der Waals surface area contributed by atoms with Crippen LogP contribution in [-0.2, 0) is 13.1 Å². The predicted molar refractivity (Wildman–Crippen MR) is 83.8 cm³/mol. The van der Waals surface area contributed by atoms with Gasteiger partial charge < -0.3 is 10.1 Å². The van der Waals surface area contributed by atoms with Crippen LogP contribution >= 0.6 is 0 Å². The van der Waals surface area contributed by atoms with E-state index in [4.69, 9.17) is 4.74 Å². The number of hydrogen-bond donors (Lipinski definition) is 1. The number of methoxy groups -OCH3 is 1. The van der Waals surface area contributed by atoms with E-state index in [0.29, 0.717) is 6.54 Å². The molecule has 0 aromatic carbocycles. The molecule has 0 fully saturated rings. The Morgan fingerprint density at radius 3 is 2.57 bits per heavy atom. The van der Waals surface area contributed by atoms with Crippen LogP contribution < -0.4 is 10.1 Å². The second-order valence-electron chi connectivity index (χ2n) is 5.38. The van der Waals surface area contributed by atoms with Crippen LogP contribution in [0.2, 0.25) is 0 Å². The third-order valence-electron chi connectivity index (χ3n) is 3.93. The normalized spacial score (nSPS) is 11.0. The van der Waals surface area contributed by atoms with E-state index < -0.39 is 0 Å². The number of hydrogen-bond acceptors (Lipinski definition) is 4. The quantitative estimate of drug-likeness (QED) is 0.917. The number of aryl methyl sites for hydroxylation is 2. The Bertz CT molecular complexity index is 646. The van der Waals surface area contributed by atoms with E-state index in [1.54, 1.807) is 7.11 Å². The second-order valence-corrected chi connectivity index (χ2v) is 5.38. The first kappa shape index (κ1) is 15.5. The van der Waals surface area contributed by atoms with Crippen molar-refractivity contribution in [3.8, 4) is 5.75 Å². The molecule has 0 bridgehead atoms. The number of nitrogens with one attached hydrogen (secondary N) is 1. The smallest absolute Gasteiger partial charge is 0.128 e. The number of ether oxygens (including phenoxy) is 1. The highest BCUT2D eigenvalue weighted by Gasteiger charge is 2.14. The van der Waals surface area contributed by atoms with Crippen LogP contribution in [0.4, 0.5) is 0 Å². The lowest BCUT2D eigenvalue weighted by molar-refractivity contribution is 0.406. The lowest BCUT2D eigenvalue weighted by atomic mass is 10.1. The summed E-state index contributed by atoms with van der Waals surface area (Å²) in [6.07, 6.45) is 1.86. The zero-order valence-electron chi connectivity index (χ0n) is 13.7. The molecule has 5 heteroatoms. The van der Waals surface area contributed by atoms with Gasteiger partial charge in [-0.05, 0) is 34.7 Å². The van der Waals surface area contributed by atoms with Gasteiger partial charge in [-0.2, -0.15) is 5.10 Å². The van der Waals surface area contributed by atoms with Crippen molar-refractivity contribution in [1.29, 1.82) is 0 Å². The Morgan fingerprint density at radius 2 is 1.95 bits per heavy atom. The van der Waals surface area contributed by atoms with Crippen LogP contribution in [-0.4, -0.2) is 28.9 Å². The van der Waals surface area contributed by atoms with Crippen LogP contribution in [0.15, 0.2) is 6.20 Å². The topological polar surface area (TPSA) is 52.0 Å². The highest BCUT2D eigenvalue weighted by molar-refractivity contribution is 5.41. The van der Waals surface area contributed by atoms with E-state index in [1.165, 1.54) is 11.3 Å². The fourth-order valence-corrected chi connectivity index (χ4v) is 2.69. The molecule has 114 valence electrons. The third-order valence-corrected chi connectivity index (χ3v) is 3.93. The third kappa shape index (κ3) is 2.93. The summed E-state index contributed by atoms with van der Waals surface area (Å²) in [6.45, 7) is 9.71. The van der Waals surface area contributed by atoms with Crippen molar-refractivity contribution in [3.05, 3.63) is 40.0 Å². The molecular weight excluding hydrogens is 264 g/mol. The van der Waals surface area contributed by atoms with E-state index in [0.717, 1.165) is 34.8 Å². The van der Waals surface area contributed by atoms with Gasteiger partial charge in [0.1, 0.15) is 5.75 Å². The molecule has 2 heterocycles. The van der Waals surface area contributed by atoms with Gasteiger partial charge in [-0.1, -0.05) is 0 Å². The van der Waals surface area contributed by atoms with Crippen LogP contribution in [0, 0.1) is 27.7 Å². The van der Waals surface area contributed by atoms with Gasteiger partial charge in [0, 0.05) is 35.1 Å². The summed E-state index contributed by atoms with van der Waals surface area (Å²) in [7, 11) is 3.65.